The fourth-order valence-corrected chi connectivity index (χ4v) is 0.361. The molecule has 0 radical (unpaired) electrons. The summed E-state index contributed by atoms with van der Waals surface area (Å²) in [5, 5.41) is 2.96. The van der Waals surface area contributed by atoms with Crippen LogP contribution in [-0.2, 0) is 0 Å². The summed E-state index contributed by atoms with van der Waals surface area (Å²) in [6.07, 6.45) is 5.72. The summed E-state index contributed by atoms with van der Waals surface area (Å²) in [5.41, 5.74) is 0. The van der Waals surface area contributed by atoms with Gasteiger partial charge < -0.3 is 5.32 Å². The van der Waals surface area contributed by atoms with Gasteiger partial charge in [-0.25, -0.2) is 4.99 Å². The highest BCUT2D eigenvalue weighted by molar-refractivity contribution is 5.65. The van der Waals surface area contributed by atoms with Crippen LogP contribution in [0.1, 0.15) is 0 Å². The molecule has 2 N–H and O–H groups in total. The fourth-order valence-electron chi connectivity index (χ4n) is 0.361. The van der Waals surface area contributed by atoms with Gasteiger partial charge in [0.1, 0.15) is 0 Å². The molecule has 0 amide bonds. The van der Waals surface area contributed by atoms with Crippen LogP contribution < -0.4 is 10.3 Å². The minimum Gasteiger partial charge on any atom is -0.337 e. The van der Waals surface area contributed by atoms with Crippen LogP contribution >= 0.6 is 0 Å². The van der Waals surface area contributed by atoms with Gasteiger partial charge in [0.25, 0.3) is 0 Å². The standard InChI is InChI=1S/C4H6N2/c1-2-5-4-6-3-1/h1-3,5H,4H2/p+1. The van der Waals surface area contributed by atoms with Gasteiger partial charge in [-0.15, -0.1) is 0 Å². The van der Waals surface area contributed by atoms with E-state index < -0.39 is 0 Å². The van der Waals surface area contributed by atoms with Crippen LogP contribution in [0.3, 0.4) is 0 Å². The Bertz CT molecular complexity index is 71.5. The van der Waals surface area contributed by atoms with Crippen LogP contribution in [-0.4, -0.2) is 12.9 Å². The van der Waals surface area contributed by atoms with Crippen LogP contribution in [0.5, 0.6) is 0 Å². The second-order valence-electron chi connectivity index (χ2n) is 1.11. The SMILES string of the molecule is C1=CNC[NH+]=C1. The molecule has 1 heterocycles. The first-order valence-corrected chi connectivity index (χ1v) is 1.95. The quantitative estimate of drug-likeness (QED) is 0.355. The number of rotatable bonds is 0. The first kappa shape index (κ1) is 3.40. The summed E-state index contributed by atoms with van der Waals surface area (Å²) in [6.45, 7) is 0.858. The third kappa shape index (κ3) is 0.578. The smallest absolute Gasteiger partial charge is 0.213 e. The molecule has 0 spiro atoms. The van der Waals surface area contributed by atoms with E-state index in [1.54, 1.807) is 0 Å². The minimum absolute atomic E-state index is 0.858. The lowest BCUT2D eigenvalue weighted by atomic mass is 10.6. The number of hydrogen-bond acceptors (Lipinski definition) is 1. The van der Waals surface area contributed by atoms with Crippen molar-refractivity contribution >= 4 is 6.21 Å². The van der Waals surface area contributed by atoms with Gasteiger partial charge in [-0.1, -0.05) is 0 Å². The molecule has 1 rings (SSSR count). The number of allylic oxidation sites excluding steroid dienone is 1. The third-order valence-electron chi connectivity index (χ3n) is 0.632. The average molecular weight is 83.1 g/mol. The lowest BCUT2D eigenvalue weighted by Gasteiger charge is -1.88. The summed E-state index contributed by atoms with van der Waals surface area (Å²) in [7, 11) is 0. The van der Waals surface area contributed by atoms with Crippen molar-refractivity contribution in [2.45, 2.75) is 0 Å². The maximum Gasteiger partial charge on any atom is 0.213 e. The van der Waals surface area contributed by atoms with Crippen molar-refractivity contribution in [2.75, 3.05) is 6.67 Å². The van der Waals surface area contributed by atoms with Crippen LogP contribution in [0.2, 0.25) is 0 Å². The average Bonchev–Trinajstić information content (AvgIpc) is 1.72. The molecule has 6 heavy (non-hydrogen) atoms. The van der Waals surface area contributed by atoms with E-state index in [4.69, 9.17) is 0 Å². The summed E-state index contributed by atoms with van der Waals surface area (Å²) < 4.78 is 0. The molecule has 0 saturated heterocycles. The highest BCUT2D eigenvalue weighted by Crippen LogP contribution is 1.55. The summed E-state index contributed by atoms with van der Waals surface area (Å²) in [5.74, 6) is 0. The van der Waals surface area contributed by atoms with E-state index in [0.29, 0.717) is 0 Å². The van der Waals surface area contributed by atoms with E-state index in [-0.39, 0.29) is 0 Å². The molecular weight excluding hydrogens is 76.1 g/mol. The molecule has 0 fully saturated rings. The molecule has 0 saturated carbocycles. The van der Waals surface area contributed by atoms with Gasteiger partial charge in [0.2, 0.25) is 6.67 Å². The molecule has 0 bridgehead atoms. The molecule has 0 atom stereocenters. The van der Waals surface area contributed by atoms with Crippen molar-refractivity contribution in [1.82, 2.24) is 5.32 Å². The monoisotopic (exact) mass is 83.1 g/mol. The summed E-state index contributed by atoms with van der Waals surface area (Å²) in [6, 6.07) is 0. The Morgan fingerprint density at radius 3 is 2.83 bits per heavy atom. The molecule has 0 aromatic rings. The van der Waals surface area contributed by atoms with E-state index in [9.17, 15) is 0 Å². The number of nitrogens with one attached hydrogen (secondary N) is 2. The van der Waals surface area contributed by atoms with E-state index in [0.717, 1.165) is 6.67 Å². The molecule has 1 aliphatic heterocycles. The van der Waals surface area contributed by atoms with Crippen molar-refractivity contribution in [3.05, 3.63) is 12.3 Å². The Morgan fingerprint density at radius 1 is 1.67 bits per heavy atom. The zero-order valence-electron chi connectivity index (χ0n) is 3.44. The predicted molar refractivity (Wildman–Crippen MR) is 24.2 cm³/mol. The van der Waals surface area contributed by atoms with E-state index in [1.165, 1.54) is 0 Å². The van der Waals surface area contributed by atoms with Crippen molar-refractivity contribution in [1.29, 1.82) is 0 Å². The second-order valence-corrected chi connectivity index (χ2v) is 1.11. The Morgan fingerprint density at radius 2 is 2.67 bits per heavy atom. The van der Waals surface area contributed by atoms with Gasteiger partial charge in [-0.3, -0.25) is 0 Å². The van der Waals surface area contributed by atoms with Gasteiger partial charge in [0.05, 0.1) is 0 Å². The lowest BCUT2D eigenvalue weighted by Crippen LogP contribution is -2.73. The van der Waals surface area contributed by atoms with Crippen LogP contribution in [0, 0.1) is 0 Å². The molecule has 32 valence electrons. The Labute approximate surface area is 36.6 Å². The van der Waals surface area contributed by atoms with Gasteiger partial charge in [-0.2, -0.15) is 0 Å². The molecule has 2 nitrogen and oxygen atoms in total. The summed E-state index contributed by atoms with van der Waals surface area (Å²) in [4.78, 5) is 2.96. The number of hydrogen-bond donors (Lipinski definition) is 2. The molecule has 2 heteroatoms. The van der Waals surface area contributed by atoms with Crippen molar-refractivity contribution in [2.24, 2.45) is 0 Å². The zero-order chi connectivity index (χ0) is 4.24. The maximum absolute atomic E-state index is 2.96. The van der Waals surface area contributed by atoms with Crippen molar-refractivity contribution in [3.63, 3.8) is 0 Å². The molecular formula is C4H7N2+. The minimum atomic E-state index is 0.858. The largest absolute Gasteiger partial charge is 0.337 e. The van der Waals surface area contributed by atoms with Gasteiger partial charge in [0, 0.05) is 12.3 Å². The van der Waals surface area contributed by atoms with Crippen molar-refractivity contribution in [3.8, 4) is 0 Å². The molecule has 0 aromatic heterocycles. The van der Waals surface area contributed by atoms with E-state index in [1.807, 2.05) is 18.5 Å². The molecule has 1 aliphatic rings. The van der Waals surface area contributed by atoms with E-state index >= 15 is 0 Å². The zero-order valence-corrected chi connectivity index (χ0v) is 3.44. The van der Waals surface area contributed by atoms with Crippen molar-refractivity contribution < 1.29 is 4.99 Å². The fraction of sp³-hybridized carbons (Fsp3) is 0.250. The van der Waals surface area contributed by atoms with Gasteiger partial charge in [0.15, 0.2) is 6.21 Å². The molecule has 0 aromatic carbocycles. The Hall–Kier alpha value is -0.790. The lowest BCUT2D eigenvalue weighted by molar-refractivity contribution is -0.456. The highest BCUT2D eigenvalue weighted by atomic mass is 15.0. The Balaban J connectivity index is 2.46. The Kier molecular flexibility index (Phi) is 0.906. The van der Waals surface area contributed by atoms with Gasteiger partial charge >= 0.3 is 0 Å². The van der Waals surface area contributed by atoms with Crippen LogP contribution in [0.25, 0.3) is 0 Å². The normalized spacial score (nSPS) is 17.3. The first-order chi connectivity index (χ1) is 3.00. The maximum atomic E-state index is 2.96. The highest BCUT2D eigenvalue weighted by Gasteiger charge is 1.80. The van der Waals surface area contributed by atoms with Crippen LogP contribution in [0.4, 0.5) is 0 Å². The summed E-state index contributed by atoms with van der Waals surface area (Å²) >= 11 is 0. The third-order valence-corrected chi connectivity index (χ3v) is 0.632. The first-order valence-electron chi connectivity index (χ1n) is 1.95. The van der Waals surface area contributed by atoms with Gasteiger partial charge in [-0.05, 0) is 0 Å². The van der Waals surface area contributed by atoms with E-state index in [2.05, 4.69) is 10.3 Å². The molecule has 0 unspecified atom stereocenters. The second kappa shape index (κ2) is 1.60. The molecule has 0 aliphatic carbocycles. The van der Waals surface area contributed by atoms with Crippen LogP contribution in [0.15, 0.2) is 12.3 Å². The topological polar surface area (TPSA) is 26.0 Å². The predicted octanol–water partition coefficient (Wildman–Crippen LogP) is -1.79.